The molecule has 2 fully saturated rings. The molecule has 1 aliphatic carbocycles. The first-order valence-electron chi connectivity index (χ1n) is 9.01. The van der Waals surface area contributed by atoms with E-state index in [0.717, 1.165) is 31.2 Å². The Bertz CT molecular complexity index is 733. The Hall–Kier alpha value is -1.40. The van der Waals surface area contributed by atoms with Crippen LogP contribution in [0.1, 0.15) is 51.5 Å². The van der Waals surface area contributed by atoms with Gasteiger partial charge in [0.25, 0.3) is 16.0 Å². The molecule has 5 nitrogen and oxygen atoms in total. The van der Waals surface area contributed by atoms with Gasteiger partial charge in [0.1, 0.15) is 0 Å². The van der Waals surface area contributed by atoms with Crippen molar-refractivity contribution >= 4 is 16.0 Å². The fraction of sp³-hybridized carbons (Fsp3) is 0.632. The zero-order valence-corrected chi connectivity index (χ0v) is 16.0. The lowest BCUT2D eigenvalue weighted by Crippen LogP contribution is -2.40. The molecule has 1 saturated heterocycles. The maximum absolute atomic E-state index is 12.9. The van der Waals surface area contributed by atoms with Gasteiger partial charge in [0.05, 0.1) is 4.90 Å². The Morgan fingerprint density at radius 3 is 2.28 bits per heavy atom. The van der Waals surface area contributed by atoms with Crippen molar-refractivity contribution in [3.63, 3.8) is 0 Å². The summed E-state index contributed by atoms with van der Waals surface area (Å²) in [5.74, 6) is -0.187. The van der Waals surface area contributed by atoms with Crippen LogP contribution >= 0.6 is 0 Å². The van der Waals surface area contributed by atoms with Crippen LogP contribution in [0, 0.1) is 12.3 Å². The van der Waals surface area contributed by atoms with Crippen LogP contribution in [0.4, 0.5) is 0 Å². The smallest absolute Gasteiger partial charge is 0.297 e. The van der Waals surface area contributed by atoms with Crippen LogP contribution in [-0.2, 0) is 19.1 Å². The number of benzene rings is 1. The van der Waals surface area contributed by atoms with E-state index in [-0.39, 0.29) is 16.8 Å². The number of carbonyl (C=O) groups excluding carboxylic acids is 1. The molecule has 0 aromatic heterocycles. The zero-order chi connectivity index (χ0) is 18.2. The van der Waals surface area contributed by atoms with E-state index in [0.29, 0.717) is 6.54 Å². The first kappa shape index (κ1) is 18.4. The van der Waals surface area contributed by atoms with E-state index < -0.39 is 21.6 Å². The molecular formula is C19H27NO4S. The Kier molecular flexibility index (Phi) is 4.95. The number of aryl methyl sites for hydroxylation is 1. The van der Waals surface area contributed by atoms with E-state index in [1.54, 1.807) is 12.1 Å². The highest BCUT2D eigenvalue weighted by molar-refractivity contribution is 7.86. The quantitative estimate of drug-likeness (QED) is 0.768. The number of nitrogens with zero attached hydrogens (tertiary/aromatic N) is 1. The lowest BCUT2D eigenvalue weighted by atomic mass is 9.89. The summed E-state index contributed by atoms with van der Waals surface area (Å²) in [6, 6.07) is 6.72. The highest BCUT2D eigenvalue weighted by Gasteiger charge is 2.51. The Labute approximate surface area is 150 Å². The molecule has 3 rings (SSSR count). The maximum atomic E-state index is 12.9. The standard InChI is InChI=1S/C19H27NO4S/c1-14-9-11-16(12-10-14)25(22,23)24-17-18(21)20(13-19(17,2)3)15-7-5-4-6-8-15/h9-12,15,17H,4-8,13H2,1-3H3. The molecule has 0 spiro atoms. The molecule has 2 aliphatic rings. The number of amides is 1. The molecule has 138 valence electrons. The average molecular weight is 365 g/mol. The number of carbonyl (C=O) groups is 1. The van der Waals surface area contributed by atoms with Crippen LogP contribution in [0.25, 0.3) is 0 Å². The topological polar surface area (TPSA) is 63.7 Å². The van der Waals surface area contributed by atoms with Crippen LogP contribution in [0.5, 0.6) is 0 Å². The van der Waals surface area contributed by atoms with Crippen molar-refractivity contribution in [2.75, 3.05) is 6.54 Å². The molecule has 1 aromatic carbocycles. The lowest BCUT2D eigenvalue weighted by molar-refractivity contribution is -0.136. The summed E-state index contributed by atoms with van der Waals surface area (Å²) in [5.41, 5.74) is 0.437. The van der Waals surface area contributed by atoms with Gasteiger partial charge in [-0.05, 0) is 31.9 Å². The van der Waals surface area contributed by atoms with Gasteiger partial charge < -0.3 is 4.90 Å². The van der Waals surface area contributed by atoms with Crippen LogP contribution in [0.3, 0.4) is 0 Å². The minimum atomic E-state index is -3.97. The zero-order valence-electron chi connectivity index (χ0n) is 15.2. The van der Waals surface area contributed by atoms with Gasteiger partial charge in [0.15, 0.2) is 6.10 Å². The van der Waals surface area contributed by atoms with Crippen molar-refractivity contribution in [1.29, 1.82) is 0 Å². The number of likely N-dealkylation sites (tertiary alicyclic amines) is 1. The predicted octanol–water partition coefficient (Wildman–Crippen LogP) is 3.27. The van der Waals surface area contributed by atoms with Crippen LogP contribution in [0.2, 0.25) is 0 Å². The fourth-order valence-electron chi connectivity index (χ4n) is 3.85. The summed E-state index contributed by atoms with van der Waals surface area (Å²) < 4.78 is 30.7. The molecule has 1 atom stereocenters. The predicted molar refractivity (Wildman–Crippen MR) is 95.6 cm³/mol. The molecule has 0 radical (unpaired) electrons. The summed E-state index contributed by atoms with van der Waals surface area (Å²) in [6.45, 7) is 6.25. The third-order valence-corrected chi connectivity index (χ3v) is 6.64. The first-order chi connectivity index (χ1) is 11.7. The van der Waals surface area contributed by atoms with Crippen molar-refractivity contribution in [3.8, 4) is 0 Å². The monoisotopic (exact) mass is 365 g/mol. The van der Waals surface area contributed by atoms with Gasteiger partial charge >= 0.3 is 0 Å². The lowest BCUT2D eigenvalue weighted by Gasteiger charge is -2.31. The molecular weight excluding hydrogens is 338 g/mol. The molecule has 1 aromatic rings. The van der Waals surface area contributed by atoms with E-state index in [1.165, 1.54) is 18.6 Å². The van der Waals surface area contributed by atoms with Crippen LogP contribution in [-0.4, -0.2) is 37.9 Å². The van der Waals surface area contributed by atoms with Gasteiger partial charge in [-0.2, -0.15) is 8.42 Å². The SMILES string of the molecule is Cc1ccc(S(=O)(=O)OC2C(=O)N(C3CCCCC3)CC2(C)C)cc1. The van der Waals surface area contributed by atoms with Crippen molar-refractivity contribution in [3.05, 3.63) is 29.8 Å². The van der Waals surface area contributed by atoms with E-state index >= 15 is 0 Å². The van der Waals surface area contributed by atoms with Gasteiger partial charge in [-0.15, -0.1) is 0 Å². The Morgan fingerprint density at radius 1 is 1.08 bits per heavy atom. The van der Waals surface area contributed by atoms with Crippen LogP contribution in [0.15, 0.2) is 29.2 Å². The van der Waals surface area contributed by atoms with Gasteiger partial charge in [-0.3, -0.25) is 8.98 Å². The second-order valence-electron chi connectivity index (χ2n) is 7.99. The highest BCUT2D eigenvalue weighted by Crippen LogP contribution is 2.38. The summed E-state index contributed by atoms with van der Waals surface area (Å²) >= 11 is 0. The first-order valence-corrected chi connectivity index (χ1v) is 10.4. The number of hydrogen-bond donors (Lipinski definition) is 0. The van der Waals surface area contributed by atoms with E-state index in [2.05, 4.69) is 0 Å². The van der Waals surface area contributed by atoms with Gasteiger partial charge in [0, 0.05) is 18.0 Å². The minimum absolute atomic E-state index is 0.0952. The van der Waals surface area contributed by atoms with E-state index in [1.807, 2.05) is 25.7 Å². The molecule has 6 heteroatoms. The Balaban J connectivity index is 1.80. The normalized spacial score (nSPS) is 24.7. The van der Waals surface area contributed by atoms with Crippen molar-refractivity contribution in [2.24, 2.45) is 5.41 Å². The van der Waals surface area contributed by atoms with Gasteiger partial charge in [-0.25, -0.2) is 0 Å². The second kappa shape index (κ2) is 6.72. The van der Waals surface area contributed by atoms with Crippen molar-refractivity contribution in [1.82, 2.24) is 4.90 Å². The molecule has 0 N–H and O–H groups in total. The minimum Gasteiger partial charge on any atom is -0.337 e. The molecule has 0 bridgehead atoms. The maximum Gasteiger partial charge on any atom is 0.297 e. The van der Waals surface area contributed by atoms with Crippen molar-refractivity contribution < 1.29 is 17.4 Å². The van der Waals surface area contributed by atoms with Crippen LogP contribution < -0.4 is 0 Å². The van der Waals surface area contributed by atoms with E-state index in [4.69, 9.17) is 4.18 Å². The molecule has 1 amide bonds. The highest BCUT2D eigenvalue weighted by atomic mass is 32.2. The molecule has 25 heavy (non-hydrogen) atoms. The summed E-state index contributed by atoms with van der Waals surface area (Å²) in [5, 5.41) is 0. The summed E-state index contributed by atoms with van der Waals surface area (Å²) in [7, 11) is -3.97. The average Bonchev–Trinajstić information content (AvgIpc) is 2.79. The summed E-state index contributed by atoms with van der Waals surface area (Å²) in [6.07, 6.45) is 4.51. The van der Waals surface area contributed by atoms with E-state index in [9.17, 15) is 13.2 Å². The third-order valence-electron chi connectivity index (χ3n) is 5.34. The number of hydrogen-bond acceptors (Lipinski definition) is 4. The molecule has 1 saturated carbocycles. The number of rotatable bonds is 4. The molecule has 1 heterocycles. The second-order valence-corrected chi connectivity index (χ2v) is 9.56. The molecule has 1 unspecified atom stereocenters. The largest absolute Gasteiger partial charge is 0.337 e. The summed E-state index contributed by atoms with van der Waals surface area (Å²) in [4.78, 5) is 14.9. The fourth-order valence-corrected chi connectivity index (χ4v) is 5.02. The Morgan fingerprint density at radius 2 is 1.68 bits per heavy atom. The van der Waals surface area contributed by atoms with Crippen molar-refractivity contribution in [2.45, 2.75) is 69.9 Å². The third kappa shape index (κ3) is 3.75. The molecule has 1 aliphatic heterocycles. The van der Waals surface area contributed by atoms with Gasteiger partial charge in [0.2, 0.25) is 0 Å². The van der Waals surface area contributed by atoms with Gasteiger partial charge in [-0.1, -0.05) is 50.8 Å².